The Morgan fingerprint density at radius 3 is 2.17 bits per heavy atom. The fourth-order valence-electron chi connectivity index (χ4n) is 1.90. The van der Waals surface area contributed by atoms with Crippen molar-refractivity contribution >= 4 is 28.1 Å². The van der Waals surface area contributed by atoms with Crippen LogP contribution in [0, 0.1) is 0 Å². The molecule has 0 atom stereocenters. The van der Waals surface area contributed by atoms with Gasteiger partial charge in [-0.2, -0.15) is 10.1 Å². The Balaban J connectivity index is 1.43. The maximum atomic E-state index is 5.65. The summed E-state index contributed by atoms with van der Waals surface area (Å²) in [4.78, 5) is 8.09. The van der Waals surface area contributed by atoms with Crippen LogP contribution in [0.3, 0.4) is 0 Å². The molecule has 0 unspecified atom stereocenters. The molecular weight excluding hydrogens is 372 g/mol. The van der Waals surface area contributed by atoms with E-state index >= 15 is 0 Å². The van der Waals surface area contributed by atoms with Gasteiger partial charge in [-0.25, -0.2) is 10.1 Å². The molecule has 0 fully saturated rings. The minimum atomic E-state index is 0.473. The largest absolute Gasteiger partial charge is 0.490 e. The second kappa shape index (κ2) is 8.26. The van der Waals surface area contributed by atoms with Gasteiger partial charge >= 0.3 is 0 Å². The van der Waals surface area contributed by atoms with Crippen molar-refractivity contribution in [3.63, 3.8) is 0 Å². The molecule has 6 nitrogen and oxygen atoms in total. The number of halogens is 1. The van der Waals surface area contributed by atoms with E-state index in [0.717, 1.165) is 21.5 Å². The molecule has 0 saturated heterocycles. The summed E-state index contributed by atoms with van der Waals surface area (Å²) in [6.45, 7) is 0.956. The molecule has 1 aromatic heterocycles. The second-order valence-electron chi connectivity index (χ2n) is 4.79. The molecular formula is C17H15BrN4O2. The van der Waals surface area contributed by atoms with Crippen molar-refractivity contribution < 1.29 is 9.47 Å². The molecule has 122 valence electrons. The van der Waals surface area contributed by atoms with Crippen LogP contribution in [0.5, 0.6) is 11.5 Å². The van der Waals surface area contributed by atoms with Gasteiger partial charge in [0, 0.05) is 10.7 Å². The minimum absolute atomic E-state index is 0.473. The highest BCUT2D eigenvalue weighted by Crippen LogP contribution is 2.16. The van der Waals surface area contributed by atoms with E-state index in [9.17, 15) is 0 Å². The van der Waals surface area contributed by atoms with Crippen molar-refractivity contribution in [3.8, 4) is 11.5 Å². The summed E-state index contributed by atoms with van der Waals surface area (Å²) in [5.74, 6) is 2.08. The molecule has 0 aliphatic rings. The Morgan fingerprint density at radius 1 is 0.958 bits per heavy atom. The van der Waals surface area contributed by atoms with Gasteiger partial charge < -0.3 is 9.47 Å². The summed E-state index contributed by atoms with van der Waals surface area (Å²) in [6.07, 6.45) is 3.13. The standard InChI is InChI=1S/C17H15BrN4O2/c18-14-3-7-16(8-4-14)24-10-9-23-15-5-1-13(2-6-15)11-19-17-20-12-21-22-17/h1-8,11-12H,9-10H2,(H,20,21,22). The summed E-state index contributed by atoms with van der Waals surface area (Å²) in [5, 5.41) is 6.40. The Bertz CT molecular complexity index is 771. The van der Waals surface area contributed by atoms with Crippen molar-refractivity contribution in [2.75, 3.05) is 13.2 Å². The lowest BCUT2D eigenvalue weighted by molar-refractivity contribution is 0.217. The lowest BCUT2D eigenvalue weighted by Gasteiger charge is -2.08. The second-order valence-corrected chi connectivity index (χ2v) is 5.70. The number of aromatic nitrogens is 3. The molecule has 1 N–H and O–H groups in total. The normalized spacial score (nSPS) is 10.9. The number of H-pyrrole nitrogens is 1. The predicted molar refractivity (Wildman–Crippen MR) is 95.2 cm³/mol. The zero-order valence-corrected chi connectivity index (χ0v) is 14.3. The maximum Gasteiger partial charge on any atom is 0.245 e. The van der Waals surface area contributed by atoms with Gasteiger partial charge in [-0.05, 0) is 54.1 Å². The highest BCUT2D eigenvalue weighted by atomic mass is 79.9. The summed E-state index contributed by atoms with van der Waals surface area (Å²) in [6, 6.07) is 15.3. The van der Waals surface area contributed by atoms with E-state index in [0.29, 0.717) is 19.2 Å². The van der Waals surface area contributed by atoms with Gasteiger partial charge in [-0.15, -0.1) is 0 Å². The first-order valence-electron chi connectivity index (χ1n) is 7.30. The van der Waals surface area contributed by atoms with E-state index in [1.807, 2.05) is 48.5 Å². The summed E-state index contributed by atoms with van der Waals surface area (Å²) in [5.41, 5.74) is 0.949. The fourth-order valence-corrected chi connectivity index (χ4v) is 2.16. The molecule has 0 spiro atoms. The highest BCUT2D eigenvalue weighted by molar-refractivity contribution is 9.10. The molecule has 2 aromatic carbocycles. The van der Waals surface area contributed by atoms with Crippen LogP contribution in [0.4, 0.5) is 5.95 Å². The van der Waals surface area contributed by atoms with Crippen molar-refractivity contribution in [1.82, 2.24) is 15.2 Å². The molecule has 24 heavy (non-hydrogen) atoms. The topological polar surface area (TPSA) is 72.4 Å². The molecule has 7 heteroatoms. The van der Waals surface area contributed by atoms with Crippen molar-refractivity contribution in [2.24, 2.45) is 4.99 Å². The van der Waals surface area contributed by atoms with Crippen LogP contribution in [-0.2, 0) is 0 Å². The van der Waals surface area contributed by atoms with E-state index < -0.39 is 0 Å². The van der Waals surface area contributed by atoms with E-state index in [1.165, 1.54) is 6.33 Å². The van der Waals surface area contributed by atoms with Crippen LogP contribution in [0.1, 0.15) is 5.56 Å². The number of benzene rings is 2. The third kappa shape index (κ3) is 4.92. The average Bonchev–Trinajstić information content (AvgIpc) is 3.13. The zero-order valence-electron chi connectivity index (χ0n) is 12.7. The smallest absolute Gasteiger partial charge is 0.245 e. The predicted octanol–water partition coefficient (Wildman–Crippen LogP) is 3.78. The van der Waals surface area contributed by atoms with Gasteiger partial charge in [0.25, 0.3) is 0 Å². The number of hydrogen-bond donors (Lipinski definition) is 1. The Morgan fingerprint density at radius 2 is 1.58 bits per heavy atom. The number of hydrogen-bond acceptors (Lipinski definition) is 5. The summed E-state index contributed by atoms with van der Waals surface area (Å²) < 4.78 is 12.3. The van der Waals surface area contributed by atoms with Crippen molar-refractivity contribution in [3.05, 3.63) is 64.9 Å². The SMILES string of the molecule is Brc1ccc(OCCOc2ccc(C=Nc3ncn[nH]3)cc2)cc1. The number of rotatable bonds is 7. The highest BCUT2D eigenvalue weighted by Gasteiger charge is 1.97. The summed E-state index contributed by atoms with van der Waals surface area (Å²) >= 11 is 3.39. The van der Waals surface area contributed by atoms with Crippen molar-refractivity contribution in [1.29, 1.82) is 0 Å². The van der Waals surface area contributed by atoms with E-state index in [2.05, 4.69) is 36.1 Å². The molecule has 3 aromatic rings. The maximum absolute atomic E-state index is 5.65. The number of ether oxygens (including phenoxy) is 2. The van der Waals surface area contributed by atoms with Crippen LogP contribution >= 0.6 is 15.9 Å². The average molecular weight is 387 g/mol. The van der Waals surface area contributed by atoms with Gasteiger partial charge in [0.05, 0.1) is 0 Å². The lowest BCUT2D eigenvalue weighted by atomic mass is 10.2. The Kier molecular flexibility index (Phi) is 5.57. The third-order valence-corrected chi connectivity index (χ3v) is 3.58. The Hall–Kier alpha value is -2.67. The first-order chi connectivity index (χ1) is 11.8. The number of nitrogens with zero attached hydrogens (tertiary/aromatic N) is 3. The molecule has 0 aliphatic heterocycles. The monoisotopic (exact) mass is 386 g/mol. The quantitative estimate of drug-likeness (QED) is 0.495. The third-order valence-electron chi connectivity index (χ3n) is 3.05. The first-order valence-corrected chi connectivity index (χ1v) is 8.09. The van der Waals surface area contributed by atoms with Crippen LogP contribution < -0.4 is 9.47 Å². The molecule has 0 radical (unpaired) electrons. The minimum Gasteiger partial charge on any atom is -0.490 e. The van der Waals surface area contributed by atoms with Gasteiger partial charge in [-0.3, -0.25) is 0 Å². The number of aromatic amines is 1. The number of aliphatic imine (C=N–C) groups is 1. The zero-order chi connectivity index (χ0) is 16.6. The summed E-state index contributed by atoms with van der Waals surface area (Å²) in [7, 11) is 0. The van der Waals surface area contributed by atoms with Crippen LogP contribution in [0.2, 0.25) is 0 Å². The van der Waals surface area contributed by atoms with Crippen LogP contribution in [0.25, 0.3) is 0 Å². The van der Waals surface area contributed by atoms with Gasteiger partial charge in [0.2, 0.25) is 5.95 Å². The van der Waals surface area contributed by atoms with Crippen LogP contribution in [0.15, 0.2) is 64.3 Å². The number of nitrogens with one attached hydrogen (secondary N) is 1. The van der Waals surface area contributed by atoms with E-state index in [1.54, 1.807) is 6.21 Å². The Labute approximate surface area is 147 Å². The molecule has 0 bridgehead atoms. The fraction of sp³-hybridized carbons (Fsp3) is 0.118. The molecule has 0 saturated carbocycles. The van der Waals surface area contributed by atoms with Crippen molar-refractivity contribution in [2.45, 2.75) is 0 Å². The van der Waals surface area contributed by atoms with E-state index in [4.69, 9.17) is 9.47 Å². The first kappa shape index (κ1) is 16.2. The van der Waals surface area contributed by atoms with Gasteiger partial charge in [0.15, 0.2) is 0 Å². The van der Waals surface area contributed by atoms with Crippen LogP contribution in [-0.4, -0.2) is 34.6 Å². The van der Waals surface area contributed by atoms with Gasteiger partial charge in [-0.1, -0.05) is 15.9 Å². The lowest BCUT2D eigenvalue weighted by Crippen LogP contribution is -2.08. The van der Waals surface area contributed by atoms with E-state index in [-0.39, 0.29) is 0 Å². The molecule has 0 aliphatic carbocycles. The molecule has 0 amide bonds. The molecule has 1 heterocycles. The molecule has 3 rings (SSSR count). The van der Waals surface area contributed by atoms with Gasteiger partial charge in [0.1, 0.15) is 31.0 Å².